The second-order valence-electron chi connectivity index (χ2n) is 7.41. The molecule has 0 bridgehead atoms. The first-order chi connectivity index (χ1) is 13.1. The van der Waals surface area contributed by atoms with Crippen molar-refractivity contribution in [1.29, 1.82) is 0 Å². The summed E-state index contributed by atoms with van der Waals surface area (Å²) >= 11 is 0. The number of amides is 1. The van der Waals surface area contributed by atoms with Gasteiger partial charge in [-0.25, -0.2) is 28.4 Å². The SMILES string of the molecule is CN(C)CCC1C[N+](C)(C(=CC(=O)O)C(=O)O)C(=O)n2c1nc1ccccc12. The fraction of sp³-hybridized carbons (Fsp3) is 0.368. The van der Waals surface area contributed by atoms with Gasteiger partial charge >= 0.3 is 18.0 Å². The minimum atomic E-state index is -1.43. The van der Waals surface area contributed by atoms with Crippen molar-refractivity contribution in [3.05, 3.63) is 41.9 Å². The zero-order valence-electron chi connectivity index (χ0n) is 16.0. The predicted octanol–water partition coefficient (Wildman–Crippen LogP) is 1.55. The van der Waals surface area contributed by atoms with Gasteiger partial charge < -0.3 is 15.1 Å². The molecule has 1 amide bonds. The van der Waals surface area contributed by atoms with E-state index in [9.17, 15) is 19.5 Å². The van der Waals surface area contributed by atoms with Crippen LogP contribution in [0.5, 0.6) is 0 Å². The number of hydrogen-bond acceptors (Lipinski definition) is 5. The van der Waals surface area contributed by atoms with E-state index in [2.05, 4.69) is 4.98 Å². The highest BCUT2D eigenvalue weighted by Gasteiger charge is 2.50. The van der Waals surface area contributed by atoms with Gasteiger partial charge in [-0.2, -0.15) is 0 Å². The number of aliphatic carboxylic acids is 2. The number of carboxylic acid groups (broad SMARTS) is 2. The van der Waals surface area contributed by atoms with Crippen molar-refractivity contribution < 1.29 is 29.1 Å². The minimum absolute atomic E-state index is 0.126. The van der Waals surface area contributed by atoms with Crippen LogP contribution in [0.25, 0.3) is 11.0 Å². The van der Waals surface area contributed by atoms with E-state index in [1.54, 1.807) is 18.2 Å². The van der Waals surface area contributed by atoms with Gasteiger partial charge in [0.1, 0.15) is 12.4 Å². The molecule has 0 aliphatic carbocycles. The molecular formula is C19H23N4O5+. The molecule has 1 aromatic carbocycles. The summed E-state index contributed by atoms with van der Waals surface area (Å²) in [6.45, 7) is 0.842. The van der Waals surface area contributed by atoms with E-state index in [-0.39, 0.29) is 12.5 Å². The first-order valence-electron chi connectivity index (χ1n) is 8.86. The van der Waals surface area contributed by atoms with Gasteiger partial charge in [0.15, 0.2) is 0 Å². The molecule has 2 aromatic rings. The number of imidazole rings is 1. The molecule has 2 unspecified atom stereocenters. The molecule has 28 heavy (non-hydrogen) atoms. The largest absolute Gasteiger partial charge is 0.478 e. The van der Waals surface area contributed by atoms with E-state index in [0.717, 1.165) is 0 Å². The summed E-state index contributed by atoms with van der Waals surface area (Å²) in [6.07, 6.45) is 1.25. The standard InChI is InChI=1S/C19H22N4O5/c1-21(2)9-8-12-11-23(3,15(18(26)27)10-16(24)25)19(28)22-14-7-5-4-6-13(14)20-17(12)22/h4-7,10,12H,8-9,11H2,1-3H3,(H-,24,25,26,27)/p+1. The van der Waals surface area contributed by atoms with Crippen LogP contribution in [-0.2, 0) is 9.59 Å². The van der Waals surface area contributed by atoms with E-state index >= 15 is 0 Å². The van der Waals surface area contributed by atoms with Gasteiger partial charge in [0.2, 0.25) is 5.70 Å². The molecular weight excluding hydrogens is 364 g/mol. The zero-order chi connectivity index (χ0) is 20.6. The number of likely N-dealkylation sites (N-methyl/N-ethyl adjacent to an activating group) is 1. The Kier molecular flexibility index (Phi) is 5.05. The van der Waals surface area contributed by atoms with E-state index < -0.39 is 28.1 Å². The lowest BCUT2D eigenvalue weighted by Gasteiger charge is -2.38. The molecule has 2 atom stereocenters. The number of carboxylic acids is 2. The van der Waals surface area contributed by atoms with E-state index in [1.807, 2.05) is 25.1 Å². The van der Waals surface area contributed by atoms with Crippen LogP contribution in [0.2, 0.25) is 0 Å². The Hall–Kier alpha value is -3.04. The molecule has 0 saturated carbocycles. The van der Waals surface area contributed by atoms with Gasteiger partial charge in [0, 0.05) is 0 Å². The van der Waals surface area contributed by atoms with Crippen molar-refractivity contribution in [2.24, 2.45) is 0 Å². The second kappa shape index (κ2) is 7.17. The number of quaternary nitrogens is 1. The molecule has 2 heterocycles. The van der Waals surface area contributed by atoms with Crippen molar-refractivity contribution in [3.8, 4) is 0 Å². The zero-order valence-corrected chi connectivity index (χ0v) is 16.0. The Bertz CT molecular complexity index is 993. The summed E-state index contributed by atoms with van der Waals surface area (Å²) in [7, 11) is 5.31. The normalized spacial score (nSPS) is 22.5. The number of benzene rings is 1. The molecule has 0 spiro atoms. The van der Waals surface area contributed by atoms with E-state index in [1.165, 1.54) is 11.6 Å². The smallest absolute Gasteiger partial charge is 0.434 e. The van der Waals surface area contributed by atoms with Crippen LogP contribution in [0.1, 0.15) is 18.2 Å². The molecule has 1 aliphatic rings. The summed E-state index contributed by atoms with van der Waals surface area (Å²) in [5, 5.41) is 18.8. The van der Waals surface area contributed by atoms with Gasteiger partial charge in [-0.05, 0) is 39.2 Å². The number of carbonyl (C=O) groups excluding carboxylic acids is 1. The Morgan fingerprint density at radius 3 is 2.61 bits per heavy atom. The number of hydrogen-bond donors (Lipinski definition) is 2. The lowest BCUT2D eigenvalue weighted by molar-refractivity contribution is -0.791. The van der Waals surface area contributed by atoms with E-state index in [4.69, 9.17) is 5.11 Å². The maximum Gasteiger partial charge on any atom is 0.434 e. The van der Waals surface area contributed by atoms with E-state index in [0.29, 0.717) is 35.9 Å². The Morgan fingerprint density at radius 2 is 2.00 bits per heavy atom. The first-order valence-corrected chi connectivity index (χ1v) is 8.86. The maximum absolute atomic E-state index is 13.4. The summed E-state index contributed by atoms with van der Waals surface area (Å²) in [5.74, 6) is -2.47. The molecule has 9 nitrogen and oxygen atoms in total. The molecule has 1 aromatic heterocycles. The van der Waals surface area contributed by atoms with Crippen LogP contribution in [0.15, 0.2) is 36.0 Å². The van der Waals surface area contributed by atoms with Crippen molar-refractivity contribution in [2.75, 3.05) is 34.2 Å². The van der Waals surface area contributed by atoms with Crippen LogP contribution in [-0.4, -0.2) is 81.3 Å². The van der Waals surface area contributed by atoms with Crippen molar-refractivity contribution in [2.45, 2.75) is 12.3 Å². The number of para-hydroxylation sites is 2. The Labute approximate surface area is 161 Å². The molecule has 0 fully saturated rings. The predicted molar refractivity (Wildman–Crippen MR) is 101 cm³/mol. The van der Waals surface area contributed by atoms with Gasteiger partial charge in [0.05, 0.1) is 30.1 Å². The fourth-order valence-electron chi connectivity index (χ4n) is 3.71. The van der Waals surface area contributed by atoms with Gasteiger partial charge in [-0.3, -0.25) is 0 Å². The minimum Gasteiger partial charge on any atom is -0.478 e. The lowest BCUT2D eigenvalue weighted by atomic mass is 9.99. The number of carbonyl (C=O) groups is 3. The third-order valence-corrected chi connectivity index (χ3v) is 5.09. The number of fused-ring (bicyclic) bond motifs is 3. The second-order valence-corrected chi connectivity index (χ2v) is 7.41. The summed E-state index contributed by atoms with van der Waals surface area (Å²) in [6, 6.07) is 6.63. The maximum atomic E-state index is 13.4. The Morgan fingerprint density at radius 1 is 1.32 bits per heavy atom. The monoisotopic (exact) mass is 387 g/mol. The topological polar surface area (TPSA) is 113 Å². The molecule has 9 heteroatoms. The van der Waals surface area contributed by atoms with Crippen molar-refractivity contribution in [1.82, 2.24) is 14.5 Å². The highest BCUT2D eigenvalue weighted by molar-refractivity contribution is 5.96. The molecule has 3 rings (SSSR count). The average molecular weight is 387 g/mol. The van der Waals surface area contributed by atoms with Crippen LogP contribution in [0.3, 0.4) is 0 Å². The number of aromatic nitrogens is 2. The average Bonchev–Trinajstić information content (AvgIpc) is 3.01. The summed E-state index contributed by atoms with van der Waals surface area (Å²) in [4.78, 5) is 43.1. The van der Waals surface area contributed by atoms with Crippen molar-refractivity contribution >= 4 is 29.0 Å². The first kappa shape index (κ1) is 19.7. The van der Waals surface area contributed by atoms with Gasteiger partial charge in [-0.15, -0.1) is 0 Å². The molecule has 1 aliphatic heterocycles. The highest BCUT2D eigenvalue weighted by Crippen LogP contribution is 2.36. The lowest BCUT2D eigenvalue weighted by Crippen LogP contribution is -2.58. The van der Waals surface area contributed by atoms with Crippen LogP contribution >= 0.6 is 0 Å². The van der Waals surface area contributed by atoms with Gasteiger partial charge in [0.25, 0.3) is 0 Å². The number of rotatable bonds is 6. The molecule has 0 radical (unpaired) electrons. The quantitative estimate of drug-likeness (QED) is 0.571. The van der Waals surface area contributed by atoms with Gasteiger partial charge in [-0.1, -0.05) is 12.1 Å². The highest BCUT2D eigenvalue weighted by atomic mass is 16.4. The Balaban J connectivity index is 2.21. The summed E-state index contributed by atoms with van der Waals surface area (Å²) in [5.41, 5.74) is 0.755. The molecule has 2 N–H and O–H groups in total. The van der Waals surface area contributed by atoms with Crippen LogP contribution in [0, 0.1) is 0 Å². The third-order valence-electron chi connectivity index (χ3n) is 5.09. The molecule has 0 saturated heterocycles. The number of nitrogens with zero attached hydrogens (tertiary/aromatic N) is 4. The van der Waals surface area contributed by atoms with Crippen LogP contribution in [0.4, 0.5) is 4.79 Å². The summed E-state index contributed by atoms with van der Waals surface area (Å²) < 4.78 is 0.797. The molecule has 148 valence electrons. The third kappa shape index (κ3) is 3.30. The van der Waals surface area contributed by atoms with Crippen LogP contribution < -0.4 is 0 Å². The van der Waals surface area contributed by atoms with Crippen molar-refractivity contribution in [3.63, 3.8) is 0 Å². The fourth-order valence-corrected chi connectivity index (χ4v) is 3.71.